The van der Waals surface area contributed by atoms with Gasteiger partial charge in [-0.2, -0.15) is 13.2 Å². The highest BCUT2D eigenvalue weighted by Gasteiger charge is 2.34. The number of hydrogen-bond donors (Lipinski definition) is 1. The van der Waals surface area contributed by atoms with E-state index in [1.807, 2.05) is 0 Å². The van der Waals surface area contributed by atoms with E-state index in [-0.39, 0.29) is 24.7 Å². The van der Waals surface area contributed by atoms with Crippen LogP contribution in [0.1, 0.15) is 24.2 Å². The summed E-state index contributed by atoms with van der Waals surface area (Å²) in [5.74, 6) is 0.118. The van der Waals surface area contributed by atoms with Crippen molar-refractivity contribution in [2.24, 2.45) is 0 Å². The molecular weight excluding hydrogens is 286 g/mol. The van der Waals surface area contributed by atoms with E-state index in [0.29, 0.717) is 38.3 Å². The Morgan fingerprint density at radius 3 is 2.16 bits per heavy atom. The van der Waals surface area contributed by atoms with E-state index in [9.17, 15) is 17.6 Å². The Bertz CT molecular complexity index is 401. The van der Waals surface area contributed by atoms with E-state index >= 15 is 0 Å². The molecule has 1 saturated heterocycles. The molecule has 0 saturated carbocycles. The lowest BCUT2D eigenvalue weighted by Gasteiger charge is -2.29. The lowest BCUT2D eigenvalue weighted by molar-refractivity contribution is -0.138. The van der Waals surface area contributed by atoms with Gasteiger partial charge in [0, 0.05) is 18.8 Å². The zero-order chi connectivity index (χ0) is 13.2. The molecule has 0 bridgehead atoms. The minimum absolute atomic E-state index is 0. The van der Waals surface area contributed by atoms with Crippen molar-refractivity contribution in [1.29, 1.82) is 0 Å². The second-order valence-electron chi connectivity index (χ2n) is 4.46. The number of aromatic nitrogens is 2. The smallest absolute Gasteiger partial charge is 0.316 e. The van der Waals surface area contributed by atoms with Crippen LogP contribution in [0.15, 0.2) is 12.4 Å². The number of hydrogen-bond acceptors (Lipinski definition) is 3. The summed E-state index contributed by atoms with van der Waals surface area (Å²) in [4.78, 5) is 7.19. The molecule has 108 valence electrons. The summed E-state index contributed by atoms with van der Waals surface area (Å²) in [7, 11) is 0. The highest BCUT2D eigenvalue weighted by Crippen LogP contribution is 2.29. The standard InChI is InChI=1S/C11H13F4N3.ClH/c12-10(1-3-16-4-2-10)5-9-17-6-8(7-18-9)11(13,14)15;/h6-7,16H,1-5H2;1H. The third-order valence-corrected chi connectivity index (χ3v) is 3.01. The van der Waals surface area contributed by atoms with Crippen molar-refractivity contribution < 1.29 is 17.6 Å². The fourth-order valence-electron chi connectivity index (χ4n) is 1.93. The number of alkyl halides is 4. The number of nitrogens with one attached hydrogen (secondary N) is 1. The van der Waals surface area contributed by atoms with Crippen LogP contribution in [-0.2, 0) is 12.6 Å². The molecule has 3 nitrogen and oxygen atoms in total. The summed E-state index contributed by atoms with van der Waals surface area (Å²) in [6, 6.07) is 0. The summed E-state index contributed by atoms with van der Waals surface area (Å²) in [5.41, 5.74) is -2.32. The van der Waals surface area contributed by atoms with E-state index in [2.05, 4.69) is 15.3 Å². The Labute approximate surface area is 114 Å². The van der Waals surface area contributed by atoms with Crippen molar-refractivity contribution in [2.75, 3.05) is 13.1 Å². The van der Waals surface area contributed by atoms with Gasteiger partial charge in [-0.05, 0) is 25.9 Å². The number of nitrogens with zero attached hydrogens (tertiary/aromatic N) is 2. The fourth-order valence-corrected chi connectivity index (χ4v) is 1.93. The second kappa shape index (κ2) is 6.00. The Kier molecular flexibility index (Phi) is 5.09. The second-order valence-corrected chi connectivity index (χ2v) is 4.46. The maximum atomic E-state index is 14.3. The van der Waals surface area contributed by atoms with Gasteiger partial charge in [-0.25, -0.2) is 14.4 Å². The van der Waals surface area contributed by atoms with Crippen molar-refractivity contribution in [2.45, 2.75) is 31.1 Å². The predicted octanol–water partition coefficient (Wildman–Crippen LogP) is 2.55. The molecule has 1 aliphatic heterocycles. The maximum absolute atomic E-state index is 14.3. The van der Waals surface area contributed by atoms with Gasteiger partial charge >= 0.3 is 6.18 Å². The molecule has 2 rings (SSSR count). The molecule has 19 heavy (non-hydrogen) atoms. The van der Waals surface area contributed by atoms with Crippen LogP contribution in [0.5, 0.6) is 0 Å². The van der Waals surface area contributed by atoms with Gasteiger partial charge in [-0.15, -0.1) is 12.4 Å². The quantitative estimate of drug-likeness (QED) is 0.853. The molecule has 0 amide bonds. The number of piperidine rings is 1. The van der Waals surface area contributed by atoms with Gasteiger partial charge in [0.15, 0.2) is 0 Å². The van der Waals surface area contributed by atoms with Gasteiger partial charge in [-0.1, -0.05) is 0 Å². The van der Waals surface area contributed by atoms with Crippen molar-refractivity contribution in [1.82, 2.24) is 15.3 Å². The molecule has 0 radical (unpaired) electrons. The van der Waals surface area contributed by atoms with Crippen LogP contribution in [0.3, 0.4) is 0 Å². The van der Waals surface area contributed by atoms with Crippen LogP contribution in [0.25, 0.3) is 0 Å². The van der Waals surface area contributed by atoms with Crippen molar-refractivity contribution in [3.63, 3.8) is 0 Å². The third kappa shape index (κ3) is 4.28. The van der Waals surface area contributed by atoms with Crippen LogP contribution in [0, 0.1) is 0 Å². The first-order valence-electron chi connectivity index (χ1n) is 5.67. The van der Waals surface area contributed by atoms with Gasteiger partial charge in [0.05, 0.1) is 5.56 Å². The molecular formula is C11H14ClF4N3. The molecule has 0 unspecified atom stereocenters. The lowest BCUT2D eigenvalue weighted by atomic mass is 9.91. The average molecular weight is 300 g/mol. The topological polar surface area (TPSA) is 37.8 Å². The Morgan fingerprint density at radius 1 is 1.16 bits per heavy atom. The Hall–Kier alpha value is -0.950. The van der Waals surface area contributed by atoms with Crippen LogP contribution < -0.4 is 5.32 Å². The summed E-state index contributed by atoms with van der Waals surface area (Å²) in [6.07, 6.45) is -2.43. The normalized spacial score (nSPS) is 18.7. The Morgan fingerprint density at radius 2 is 1.68 bits per heavy atom. The van der Waals surface area contributed by atoms with E-state index in [1.54, 1.807) is 0 Å². The molecule has 0 atom stereocenters. The molecule has 1 aromatic rings. The fraction of sp³-hybridized carbons (Fsp3) is 0.636. The zero-order valence-corrected chi connectivity index (χ0v) is 10.8. The van der Waals surface area contributed by atoms with Crippen molar-refractivity contribution in [3.8, 4) is 0 Å². The zero-order valence-electron chi connectivity index (χ0n) is 10.0. The molecule has 0 aromatic carbocycles. The highest BCUT2D eigenvalue weighted by atomic mass is 35.5. The van der Waals surface area contributed by atoms with Gasteiger partial charge in [0.2, 0.25) is 0 Å². The van der Waals surface area contributed by atoms with Crippen LogP contribution in [0.4, 0.5) is 17.6 Å². The van der Waals surface area contributed by atoms with Gasteiger partial charge in [0.25, 0.3) is 0 Å². The van der Waals surface area contributed by atoms with Crippen LogP contribution in [0.2, 0.25) is 0 Å². The minimum atomic E-state index is -4.46. The first kappa shape index (κ1) is 16.1. The largest absolute Gasteiger partial charge is 0.419 e. The average Bonchev–Trinajstić information content (AvgIpc) is 2.29. The SMILES string of the molecule is Cl.FC1(Cc2ncc(C(F)(F)F)cn2)CCNCC1. The number of rotatable bonds is 2. The summed E-state index contributed by atoms with van der Waals surface area (Å²) in [6.45, 7) is 1.13. The summed E-state index contributed by atoms with van der Waals surface area (Å²) >= 11 is 0. The van der Waals surface area contributed by atoms with Crippen molar-refractivity contribution >= 4 is 12.4 Å². The van der Waals surface area contributed by atoms with Gasteiger partial charge in [-0.3, -0.25) is 0 Å². The van der Waals surface area contributed by atoms with Crippen LogP contribution in [-0.4, -0.2) is 28.7 Å². The van der Waals surface area contributed by atoms with Crippen LogP contribution >= 0.6 is 12.4 Å². The minimum Gasteiger partial charge on any atom is -0.316 e. The number of halogens is 5. The van der Waals surface area contributed by atoms with E-state index in [4.69, 9.17) is 0 Å². The maximum Gasteiger partial charge on any atom is 0.419 e. The summed E-state index contributed by atoms with van der Waals surface area (Å²) in [5, 5.41) is 3.03. The molecule has 1 aromatic heterocycles. The molecule has 1 N–H and O–H groups in total. The molecule has 1 aliphatic rings. The lowest BCUT2D eigenvalue weighted by Crippen LogP contribution is -2.40. The Balaban J connectivity index is 0.00000180. The molecule has 0 spiro atoms. The summed E-state index contributed by atoms with van der Waals surface area (Å²) < 4.78 is 51.1. The van der Waals surface area contributed by atoms with E-state index in [0.717, 1.165) is 0 Å². The third-order valence-electron chi connectivity index (χ3n) is 3.01. The molecule has 8 heteroatoms. The van der Waals surface area contributed by atoms with Gasteiger partial charge in [0.1, 0.15) is 11.5 Å². The highest BCUT2D eigenvalue weighted by molar-refractivity contribution is 5.85. The first-order chi connectivity index (χ1) is 8.39. The van der Waals surface area contributed by atoms with E-state index < -0.39 is 17.4 Å². The van der Waals surface area contributed by atoms with Crippen molar-refractivity contribution in [3.05, 3.63) is 23.8 Å². The molecule has 0 aliphatic carbocycles. The molecule has 1 fully saturated rings. The predicted molar refractivity (Wildman–Crippen MR) is 63.9 cm³/mol. The van der Waals surface area contributed by atoms with E-state index in [1.165, 1.54) is 0 Å². The first-order valence-corrected chi connectivity index (χ1v) is 5.67. The molecule has 2 heterocycles. The monoisotopic (exact) mass is 299 g/mol. The van der Waals surface area contributed by atoms with Gasteiger partial charge < -0.3 is 5.32 Å².